The van der Waals surface area contributed by atoms with Crippen molar-refractivity contribution in [1.82, 2.24) is 18.8 Å². The van der Waals surface area contributed by atoms with Crippen LogP contribution in [0.1, 0.15) is 29.3 Å². The van der Waals surface area contributed by atoms with Crippen molar-refractivity contribution in [3.63, 3.8) is 0 Å². The summed E-state index contributed by atoms with van der Waals surface area (Å²) in [5.41, 5.74) is 5.00. The van der Waals surface area contributed by atoms with Crippen LogP contribution in [-0.4, -0.2) is 40.3 Å². The summed E-state index contributed by atoms with van der Waals surface area (Å²) in [5.74, 6) is 0.0620. The van der Waals surface area contributed by atoms with E-state index in [0.29, 0.717) is 13.1 Å². The second-order valence-corrected chi connectivity index (χ2v) is 9.52. The first kappa shape index (κ1) is 19.6. The molecule has 4 rings (SSSR count). The average molecular weight is 412 g/mol. The highest BCUT2D eigenvalue weighted by molar-refractivity contribution is 7.89. The van der Waals surface area contributed by atoms with Crippen LogP contribution in [-0.2, 0) is 17.1 Å². The first-order valence-electron chi connectivity index (χ1n) is 9.62. The number of aromatic nitrogens is 3. The lowest BCUT2D eigenvalue weighted by molar-refractivity contribution is 0.469. The third kappa shape index (κ3) is 4.18. The van der Waals surface area contributed by atoms with E-state index in [2.05, 4.69) is 34.3 Å². The minimum absolute atomic E-state index is 0.0620. The van der Waals surface area contributed by atoms with E-state index < -0.39 is 10.0 Å². The minimum atomic E-state index is -3.57. The van der Waals surface area contributed by atoms with E-state index in [0.717, 1.165) is 29.2 Å². The average Bonchev–Trinajstić information content (AvgIpc) is 3.33. The third-order valence-corrected chi connectivity index (χ3v) is 6.92. The molecule has 0 spiro atoms. The third-order valence-electron chi connectivity index (χ3n) is 5.17. The number of pyridine rings is 1. The first-order valence-corrected chi connectivity index (χ1v) is 11.1. The molecular weight excluding hydrogens is 386 g/mol. The number of hydrogen-bond acceptors (Lipinski definition) is 5. The predicted molar refractivity (Wildman–Crippen MR) is 113 cm³/mol. The van der Waals surface area contributed by atoms with E-state index in [1.807, 2.05) is 31.2 Å². The van der Waals surface area contributed by atoms with Crippen LogP contribution in [0.25, 0.3) is 0 Å². The van der Waals surface area contributed by atoms with E-state index >= 15 is 0 Å². The number of nitrogens with zero attached hydrogens (tertiary/aromatic N) is 4. The van der Waals surface area contributed by atoms with Crippen LogP contribution >= 0.6 is 0 Å². The topological polar surface area (TPSA) is 80.1 Å². The Morgan fingerprint density at radius 1 is 1.10 bits per heavy atom. The molecule has 1 fully saturated rings. The smallest absolute Gasteiger partial charge is 0.262 e. The lowest BCUT2D eigenvalue weighted by atomic mass is 10.0. The molecule has 1 aliphatic heterocycles. The highest BCUT2D eigenvalue weighted by atomic mass is 32.2. The normalized spacial score (nSPS) is 17.6. The van der Waals surface area contributed by atoms with Crippen molar-refractivity contribution in [2.75, 3.05) is 18.4 Å². The standard InChI is InChI=1S/C21H25N5O2S/c1-15-4-6-18(7-5-15)24-19-10-16(2)23-20(11-19)17-8-9-26(12-17)29(27,28)21-13-25(3)14-22-21/h4-7,10-11,13-14,17H,8-9,12H2,1-3H3,(H,23,24)/t17-/m1/s1. The zero-order chi connectivity index (χ0) is 20.6. The number of nitrogens with one attached hydrogen (secondary N) is 1. The molecule has 0 radical (unpaired) electrons. The molecule has 0 saturated carbocycles. The number of benzene rings is 1. The molecule has 0 bridgehead atoms. The van der Waals surface area contributed by atoms with Gasteiger partial charge in [0.25, 0.3) is 10.0 Å². The summed E-state index contributed by atoms with van der Waals surface area (Å²) in [6.45, 7) is 4.91. The molecule has 0 unspecified atom stereocenters. The molecule has 29 heavy (non-hydrogen) atoms. The fourth-order valence-corrected chi connectivity index (χ4v) is 5.09. The molecule has 1 aromatic carbocycles. The van der Waals surface area contributed by atoms with E-state index in [4.69, 9.17) is 0 Å². The Morgan fingerprint density at radius 2 is 1.86 bits per heavy atom. The van der Waals surface area contributed by atoms with Gasteiger partial charge in [-0.3, -0.25) is 4.98 Å². The number of aryl methyl sites for hydroxylation is 3. The molecule has 152 valence electrons. The summed E-state index contributed by atoms with van der Waals surface area (Å²) in [4.78, 5) is 8.70. The van der Waals surface area contributed by atoms with Gasteiger partial charge in [-0.1, -0.05) is 17.7 Å². The van der Waals surface area contributed by atoms with Crippen LogP contribution < -0.4 is 5.32 Å². The second-order valence-electron chi connectivity index (χ2n) is 7.64. The van der Waals surface area contributed by atoms with E-state index in [1.54, 1.807) is 11.6 Å². The van der Waals surface area contributed by atoms with Gasteiger partial charge in [-0.2, -0.15) is 4.31 Å². The molecule has 1 N–H and O–H groups in total. The zero-order valence-electron chi connectivity index (χ0n) is 16.8. The number of imidazole rings is 1. The highest BCUT2D eigenvalue weighted by Gasteiger charge is 2.35. The van der Waals surface area contributed by atoms with Crippen LogP contribution in [0.15, 0.2) is 53.9 Å². The molecule has 8 heteroatoms. The van der Waals surface area contributed by atoms with Crippen LogP contribution in [0.2, 0.25) is 0 Å². The number of hydrogen-bond donors (Lipinski definition) is 1. The van der Waals surface area contributed by atoms with Gasteiger partial charge in [0.05, 0.1) is 6.33 Å². The number of rotatable bonds is 5. The lowest BCUT2D eigenvalue weighted by Gasteiger charge is -2.16. The fraction of sp³-hybridized carbons (Fsp3) is 0.333. The van der Waals surface area contributed by atoms with E-state index in [1.165, 1.54) is 22.4 Å². The maximum absolute atomic E-state index is 12.8. The largest absolute Gasteiger partial charge is 0.355 e. The number of anilines is 2. The van der Waals surface area contributed by atoms with E-state index in [-0.39, 0.29) is 10.9 Å². The minimum Gasteiger partial charge on any atom is -0.355 e. The summed E-state index contributed by atoms with van der Waals surface area (Å²) < 4.78 is 28.8. The van der Waals surface area contributed by atoms with Crippen LogP contribution in [0.5, 0.6) is 0 Å². The first-order chi connectivity index (χ1) is 13.8. The van der Waals surface area contributed by atoms with Crippen molar-refractivity contribution in [2.45, 2.75) is 31.2 Å². The number of sulfonamides is 1. The molecule has 3 aromatic rings. The van der Waals surface area contributed by atoms with Gasteiger partial charge in [0.15, 0.2) is 5.03 Å². The maximum atomic E-state index is 12.8. The van der Waals surface area contributed by atoms with Crippen molar-refractivity contribution in [2.24, 2.45) is 7.05 Å². The highest BCUT2D eigenvalue weighted by Crippen LogP contribution is 2.31. The second kappa shape index (κ2) is 7.61. The summed E-state index contributed by atoms with van der Waals surface area (Å²) in [6, 6.07) is 12.2. The Labute approximate surface area is 171 Å². The quantitative estimate of drug-likeness (QED) is 0.696. The Morgan fingerprint density at radius 3 is 2.55 bits per heavy atom. The fourth-order valence-electron chi connectivity index (χ4n) is 3.62. The molecule has 0 amide bonds. The van der Waals surface area contributed by atoms with Crippen LogP contribution in [0.4, 0.5) is 11.4 Å². The molecule has 0 aliphatic carbocycles. The Bertz CT molecular complexity index is 1120. The van der Waals surface area contributed by atoms with Gasteiger partial charge in [-0.15, -0.1) is 0 Å². The van der Waals surface area contributed by atoms with Crippen molar-refractivity contribution in [1.29, 1.82) is 0 Å². The molecule has 7 nitrogen and oxygen atoms in total. The molecule has 1 aliphatic rings. The lowest BCUT2D eigenvalue weighted by Crippen LogP contribution is -2.29. The van der Waals surface area contributed by atoms with Gasteiger partial charge in [0.1, 0.15) is 0 Å². The summed E-state index contributed by atoms with van der Waals surface area (Å²) in [6.07, 6.45) is 3.79. The summed E-state index contributed by atoms with van der Waals surface area (Å²) in [5, 5.41) is 3.52. The van der Waals surface area contributed by atoms with Crippen LogP contribution in [0, 0.1) is 13.8 Å². The summed E-state index contributed by atoms with van der Waals surface area (Å²) >= 11 is 0. The van der Waals surface area contributed by atoms with E-state index in [9.17, 15) is 8.42 Å². The van der Waals surface area contributed by atoms with Gasteiger partial charge >= 0.3 is 0 Å². The monoisotopic (exact) mass is 411 g/mol. The van der Waals surface area contributed by atoms with Gasteiger partial charge in [-0.25, -0.2) is 13.4 Å². The Hall–Kier alpha value is -2.71. The van der Waals surface area contributed by atoms with Crippen molar-refractivity contribution < 1.29 is 8.42 Å². The Balaban J connectivity index is 1.53. The van der Waals surface area contributed by atoms with Gasteiger partial charge in [0.2, 0.25) is 0 Å². The van der Waals surface area contributed by atoms with Gasteiger partial charge in [0, 0.05) is 55.0 Å². The van der Waals surface area contributed by atoms with Gasteiger partial charge < -0.3 is 9.88 Å². The molecular formula is C21H25N5O2S. The summed E-state index contributed by atoms with van der Waals surface area (Å²) in [7, 11) is -1.81. The Kier molecular flexibility index (Phi) is 5.14. The van der Waals surface area contributed by atoms with Crippen molar-refractivity contribution in [3.05, 3.63) is 65.9 Å². The van der Waals surface area contributed by atoms with Gasteiger partial charge in [-0.05, 0) is 44.5 Å². The zero-order valence-corrected chi connectivity index (χ0v) is 17.6. The SMILES string of the molecule is Cc1ccc(Nc2cc(C)nc([C@@H]3CCN(S(=O)(=O)c4cn(C)cn4)C3)c2)cc1. The molecule has 1 atom stereocenters. The molecule has 3 heterocycles. The predicted octanol–water partition coefficient (Wildman–Crippen LogP) is 3.35. The maximum Gasteiger partial charge on any atom is 0.262 e. The van der Waals surface area contributed by atoms with Crippen molar-refractivity contribution >= 4 is 21.4 Å². The molecule has 2 aromatic heterocycles. The van der Waals surface area contributed by atoms with Crippen molar-refractivity contribution in [3.8, 4) is 0 Å². The molecule has 1 saturated heterocycles. The van der Waals surface area contributed by atoms with Crippen LogP contribution in [0.3, 0.4) is 0 Å².